The summed E-state index contributed by atoms with van der Waals surface area (Å²) in [4.78, 5) is 18.9. The molecule has 0 spiro atoms. The molecule has 0 bridgehead atoms. The zero-order valence-corrected chi connectivity index (χ0v) is 14.0. The number of para-hydroxylation sites is 1. The van der Waals surface area contributed by atoms with Crippen molar-refractivity contribution in [1.82, 2.24) is 4.98 Å². The molecule has 0 aliphatic rings. The maximum absolute atomic E-state index is 12.7. The first-order valence-corrected chi connectivity index (χ1v) is 8.29. The van der Waals surface area contributed by atoms with E-state index in [1.165, 1.54) is 11.3 Å². The molecule has 1 amide bonds. The second-order valence-corrected chi connectivity index (χ2v) is 6.55. The van der Waals surface area contributed by atoms with Gasteiger partial charge in [0.1, 0.15) is 0 Å². The molecule has 3 nitrogen and oxygen atoms in total. The van der Waals surface area contributed by atoms with Gasteiger partial charge >= 0.3 is 0 Å². The van der Waals surface area contributed by atoms with Gasteiger partial charge in [-0.3, -0.25) is 9.69 Å². The molecule has 0 fully saturated rings. The van der Waals surface area contributed by atoms with Crippen LogP contribution in [0.5, 0.6) is 0 Å². The van der Waals surface area contributed by atoms with Crippen LogP contribution >= 0.6 is 34.5 Å². The zero-order valence-electron chi connectivity index (χ0n) is 11.7. The molecular formula is C16H12Cl2N2OS. The number of benzene rings is 2. The molecule has 1 aromatic heterocycles. The van der Waals surface area contributed by atoms with Crippen LogP contribution in [0.2, 0.25) is 10.0 Å². The number of anilines is 1. The van der Waals surface area contributed by atoms with Gasteiger partial charge in [0, 0.05) is 22.2 Å². The maximum atomic E-state index is 12.7. The summed E-state index contributed by atoms with van der Waals surface area (Å²) in [6, 6.07) is 12.7. The third-order valence-electron chi connectivity index (χ3n) is 3.18. The van der Waals surface area contributed by atoms with Crippen molar-refractivity contribution < 1.29 is 4.79 Å². The minimum Gasteiger partial charge on any atom is -0.284 e. The molecule has 0 aliphatic carbocycles. The van der Waals surface area contributed by atoms with Gasteiger partial charge in [-0.25, -0.2) is 4.98 Å². The number of thiazole rings is 1. The van der Waals surface area contributed by atoms with E-state index in [0.717, 1.165) is 10.2 Å². The minimum absolute atomic E-state index is 0.161. The van der Waals surface area contributed by atoms with Gasteiger partial charge in [-0.15, -0.1) is 0 Å². The Bertz CT molecular complexity index is 794. The van der Waals surface area contributed by atoms with Crippen LogP contribution in [0.25, 0.3) is 10.2 Å². The fourth-order valence-electron chi connectivity index (χ4n) is 2.17. The first-order valence-electron chi connectivity index (χ1n) is 6.72. The lowest BCUT2D eigenvalue weighted by molar-refractivity contribution is 0.0988. The molecule has 6 heteroatoms. The molecule has 2 aromatic carbocycles. The summed E-state index contributed by atoms with van der Waals surface area (Å²) < 4.78 is 1.05. The second kappa shape index (κ2) is 6.24. The minimum atomic E-state index is -0.161. The second-order valence-electron chi connectivity index (χ2n) is 4.67. The monoisotopic (exact) mass is 350 g/mol. The average Bonchev–Trinajstić information content (AvgIpc) is 2.90. The number of carbonyl (C=O) groups is 1. The molecule has 3 aromatic rings. The fraction of sp³-hybridized carbons (Fsp3) is 0.125. The summed E-state index contributed by atoms with van der Waals surface area (Å²) in [5, 5.41) is 1.55. The Labute approximate surface area is 142 Å². The number of rotatable bonds is 3. The molecular weight excluding hydrogens is 339 g/mol. The van der Waals surface area contributed by atoms with Crippen LogP contribution in [0.4, 0.5) is 5.13 Å². The molecule has 0 atom stereocenters. The molecule has 0 N–H and O–H groups in total. The Morgan fingerprint density at radius 1 is 1.18 bits per heavy atom. The molecule has 0 unspecified atom stereocenters. The summed E-state index contributed by atoms with van der Waals surface area (Å²) in [6.45, 7) is 2.43. The fourth-order valence-corrected chi connectivity index (χ4v) is 3.73. The number of nitrogens with zero attached hydrogens (tertiary/aromatic N) is 2. The smallest absolute Gasteiger partial charge is 0.260 e. The highest BCUT2D eigenvalue weighted by molar-refractivity contribution is 7.22. The van der Waals surface area contributed by atoms with Crippen LogP contribution in [-0.4, -0.2) is 17.4 Å². The first-order chi connectivity index (χ1) is 10.6. The van der Waals surface area contributed by atoms with E-state index < -0.39 is 0 Å². The topological polar surface area (TPSA) is 33.2 Å². The van der Waals surface area contributed by atoms with Gasteiger partial charge in [-0.2, -0.15) is 0 Å². The highest BCUT2D eigenvalue weighted by atomic mass is 35.5. The predicted molar refractivity (Wildman–Crippen MR) is 93.4 cm³/mol. The largest absolute Gasteiger partial charge is 0.284 e. The number of amides is 1. The standard InChI is InChI=1S/C16H12Cl2N2OS/c1-2-20(15(21)10-7-11(17)9-12(18)8-10)16-19-13-5-3-4-6-14(13)22-16/h3-9H,2H2,1H3. The van der Waals surface area contributed by atoms with Crippen molar-refractivity contribution in [3.63, 3.8) is 0 Å². The van der Waals surface area contributed by atoms with Crippen molar-refractivity contribution in [2.45, 2.75) is 6.92 Å². The van der Waals surface area contributed by atoms with Crippen molar-refractivity contribution >= 4 is 55.8 Å². The van der Waals surface area contributed by atoms with Crippen LogP contribution in [0, 0.1) is 0 Å². The van der Waals surface area contributed by atoms with Crippen molar-refractivity contribution in [2.75, 3.05) is 11.4 Å². The van der Waals surface area contributed by atoms with Crippen molar-refractivity contribution in [3.05, 3.63) is 58.1 Å². The predicted octanol–water partition coefficient (Wildman–Crippen LogP) is 5.27. The molecule has 0 aliphatic heterocycles. The number of halogens is 2. The third-order valence-corrected chi connectivity index (χ3v) is 4.68. The van der Waals surface area contributed by atoms with Gasteiger partial charge < -0.3 is 0 Å². The Kier molecular flexibility index (Phi) is 4.34. The number of hydrogen-bond donors (Lipinski definition) is 0. The lowest BCUT2D eigenvalue weighted by Crippen LogP contribution is -2.30. The van der Waals surface area contributed by atoms with Crippen molar-refractivity contribution in [3.8, 4) is 0 Å². The van der Waals surface area contributed by atoms with Crippen LogP contribution in [0.3, 0.4) is 0 Å². The van der Waals surface area contributed by atoms with Gasteiger partial charge in [-0.1, -0.05) is 46.7 Å². The summed E-state index contributed by atoms with van der Waals surface area (Å²) in [7, 11) is 0. The van der Waals surface area contributed by atoms with Crippen LogP contribution in [0.1, 0.15) is 17.3 Å². The highest BCUT2D eigenvalue weighted by Crippen LogP contribution is 2.30. The number of carbonyl (C=O) groups excluding carboxylic acids is 1. The van der Waals surface area contributed by atoms with E-state index in [1.54, 1.807) is 23.1 Å². The van der Waals surface area contributed by atoms with Crippen molar-refractivity contribution in [2.24, 2.45) is 0 Å². The molecule has 3 rings (SSSR count). The summed E-state index contributed by atoms with van der Waals surface area (Å²) in [5.74, 6) is -0.161. The average molecular weight is 351 g/mol. The normalized spacial score (nSPS) is 10.9. The van der Waals surface area contributed by atoms with Gasteiger partial charge in [0.25, 0.3) is 5.91 Å². The number of aromatic nitrogens is 1. The van der Waals surface area contributed by atoms with Gasteiger partial charge in [0.15, 0.2) is 5.13 Å². The molecule has 0 radical (unpaired) electrons. The molecule has 0 saturated heterocycles. The highest BCUT2D eigenvalue weighted by Gasteiger charge is 2.20. The molecule has 0 saturated carbocycles. The Balaban J connectivity index is 2.00. The van der Waals surface area contributed by atoms with Crippen molar-refractivity contribution in [1.29, 1.82) is 0 Å². The Morgan fingerprint density at radius 2 is 1.86 bits per heavy atom. The first kappa shape index (κ1) is 15.3. The lowest BCUT2D eigenvalue weighted by atomic mass is 10.2. The SMILES string of the molecule is CCN(C(=O)c1cc(Cl)cc(Cl)c1)c1nc2ccccc2s1. The maximum Gasteiger partial charge on any atom is 0.260 e. The number of hydrogen-bond acceptors (Lipinski definition) is 3. The van der Waals surface area contributed by atoms with E-state index >= 15 is 0 Å². The van der Waals surface area contributed by atoms with Crippen LogP contribution in [-0.2, 0) is 0 Å². The summed E-state index contributed by atoms with van der Waals surface area (Å²) in [5.41, 5.74) is 1.34. The Morgan fingerprint density at radius 3 is 2.50 bits per heavy atom. The molecule has 112 valence electrons. The molecule has 22 heavy (non-hydrogen) atoms. The van der Waals surface area contributed by atoms with E-state index in [1.807, 2.05) is 31.2 Å². The van der Waals surface area contributed by atoms with Crippen LogP contribution in [0.15, 0.2) is 42.5 Å². The van der Waals surface area contributed by atoms with E-state index in [0.29, 0.717) is 27.3 Å². The lowest BCUT2D eigenvalue weighted by Gasteiger charge is -2.17. The van der Waals surface area contributed by atoms with Gasteiger partial charge in [0.05, 0.1) is 10.2 Å². The zero-order chi connectivity index (χ0) is 15.7. The van der Waals surface area contributed by atoms with E-state index in [9.17, 15) is 4.79 Å². The Hall–Kier alpha value is -1.62. The van der Waals surface area contributed by atoms with Gasteiger partial charge in [0.2, 0.25) is 0 Å². The number of fused-ring (bicyclic) bond motifs is 1. The summed E-state index contributed by atoms with van der Waals surface area (Å²) >= 11 is 13.5. The summed E-state index contributed by atoms with van der Waals surface area (Å²) in [6.07, 6.45) is 0. The third kappa shape index (κ3) is 2.95. The molecule has 1 heterocycles. The van der Waals surface area contributed by atoms with E-state index in [2.05, 4.69) is 4.98 Å². The van der Waals surface area contributed by atoms with Crippen LogP contribution < -0.4 is 4.90 Å². The van der Waals surface area contributed by atoms with Gasteiger partial charge in [-0.05, 0) is 37.3 Å². The van der Waals surface area contributed by atoms with E-state index in [4.69, 9.17) is 23.2 Å². The van der Waals surface area contributed by atoms with E-state index in [-0.39, 0.29) is 5.91 Å². The quantitative estimate of drug-likeness (QED) is 0.644.